The van der Waals surface area contributed by atoms with Crippen molar-refractivity contribution >= 4 is 37.7 Å². The maximum atomic E-state index is 13.0. The maximum absolute atomic E-state index is 13.0. The molecule has 7 nitrogen and oxygen atoms in total. The Morgan fingerprint density at radius 1 is 1.21 bits per heavy atom. The van der Waals surface area contributed by atoms with Crippen LogP contribution in [0.3, 0.4) is 0 Å². The molecule has 150 valence electrons. The highest BCUT2D eigenvalue weighted by Crippen LogP contribution is 2.28. The molecule has 1 aliphatic rings. The highest BCUT2D eigenvalue weighted by molar-refractivity contribution is 9.10. The van der Waals surface area contributed by atoms with Gasteiger partial charge in [0, 0.05) is 40.8 Å². The fourth-order valence-corrected chi connectivity index (χ4v) is 5.06. The van der Waals surface area contributed by atoms with Gasteiger partial charge in [-0.3, -0.25) is 9.89 Å². The van der Waals surface area contributed by atoms with Gasteiger partial charge in [0.05, 0.1) is 4.90 Å². The van der Waals surface area contributed by atoms with Crippen LogP contribution < -0.4 is 5.32 Å². The first kappa shape index (κ1) is 19.8. The van der Waals surface area contributed by atoms with Gasteiger partial charge < -0.3 is 5.32 Å². The quantitative estimate of drug-likeness (QED) is 0.604. The van der Waals surface area contributed by atoms with E-state index in [4.69, 9.17) is 0 Å². The summed E-state index contributed by atoms with van der Waals surface area (Å²) in [6.45, 7) is 2.41. The molecular weight excluding hydrogens is 456 g/mol. The van der Waals surface area contributed by atoms with Crippen molar-refractivity contribution < 1.29 is 13.2 Å². The molecular formula is C20H19BrN4O3S. The second-order valence-corrected chi connectivity index (χ2v) is 9.75. The summed E-state index contributed by atoms with van der Waals surface area (Å²) >= 11 is 3.35. The number of rotatable bonds is 4. The zero-order valence-corrected chi connectivity index (χ0v) is 18.0. The predicted octanol–water partition coefficient (Wildman–Crippen LogP) is 3.48. The largest absolute Gasteiger partial charge is 0.305 e. The van der Waals surface area contributed by atoms with Crippen LogP contribution in [0.2, 0.25) is 0 Å². The van der Waals surface area contributed by atoms with Crippen molar-refractivity contribution in [1.29, 1.82) is 0 Å². The van der Waals surface area contributed by atoms with Crippen LogP contribution in [0.15, 0.2) is 57.9 Å². The van der Waals surface area contributed by atoms with Gasteiger partial charge in [0.15, 0.2) is 5.82 Å². The number of hydrogen-bond donors (Lipinski definition) is 2. The number of aryl methyl sites for hydroxylation is 1. The molecule has 0 fully saturated rings. The zero-order chi connectivity index (χ0) is 20.6. The van der Waals surface area contributed by atoms with Crippen LogP contribution in [0, 0.1) is 6.92 Å². The number of H-pyrrole nitrogens is 1. The van der Waals surface area contributed by atoms with E-state index in [1.165, 1.54) is 4.31 Å². The number of benzene rings is 2. The van der Waals surface area contributed by atoms with Crippen LogP contribution >= 0.6 is 15.9 Å². The summed E-state index contributed by atoms with van der Waals surface area (Å²) in [7, 11) is -3.63. The smallest absolute Gasteiger partial charge is 0.256 e. The molecule has 1 amide bonds. The lowest BCUT2D eigenvalue weighted by Crippen LogP contribution is -2.36. The van der Waals surface area contributed by atoms with Crippen LogP contribution in [0.25, 0.3) is 0 Å². The predicted molar refractivity (Wildman–Crippen MR) is 113 cm³/mol. The van der Waals surface area contributed by atoms with E-state index in [1.807, 2.05) is 13.0 Å². The van der Waals surface area contributed by atoms with E-state index in [1.54, 1.807) is 42.5 Å². The van der Waals surface area contributed by atoms with E-state index in [0.717, 1.165) is 15.7 Å². The van der Waals surface area contributed by atoms with Gasteiger partial charge in [-0.2, -0.15) is 9.40 Å². The fraction of sp³-hybridized carbons (Fsp3) is 0.200. The molecule has 0 saturated heterocycles. The Hall–Kier alpha value is -2.49. The van der Waals surface area contributed by atoms with E-state index in [9.17, 15) is 13.2 Å². The second-order valence-electron chi connectivity index (χ2n) is 6.90. The molecule has 0 unspecified atom stereocenters. The van der Waals surface area contributed by atoms with Gasteiger partial charge in [-0.25, -0.2) is 8.42 Å². The van der Waals surface area contributed by atoms with Crippen molar-refractivity contribution in [2.24, 2.45) is 0 Å². The fourth-order valence-electron chi connectivity index (χ4n) is 3.25. The molecule has 2 N–H and O–H groups in total. The third-order valence-electron chi connectivity index (χ3n) is 4.88. The minimum atomic E-state index is -3.63. The van der Waals surface area contributed by atoms with Crippen LogP contribution in [0.1, 0.15) is 27.2 Å². The van der Waals surface area contributed by atoms with Crippen LogP contribution in [-0.4, -0.2) is 35.4 Å². The molecule has 1 aliphatic heterocycles. The molecule has 4 rings (SSSR count). The van der Waals surface area contributed by atoms with E-state index >= 15 is 0 Å². The Bertz CT molecular complexity index is 1170. The summed E-state index contributed by atoms with van der Waals surface area (Å²) in [5.74, 6) is 0.0490. The monoisotopic (exact) mass is 474 g/mol. The molecule has 3 aromatic rings. The first-order valence-electron chi connectivity index (χ1n) is 9.04. The first-order valence-corrected chi connectivity index (χ1v) is 11.3. The molecule has 2 aromatic carbocycles. The number of carbonyl (C=O) groups excluding carboxylic acids is 1. The number of nitrogens with zero attached hydrogens (tertiary/aromatic N) is 2. The Balaban J connectivity index is 1.57. The van der Waals surface area contributed by atoms with E-state index < -0.39 is 10.0 Å². The van der Waals surface area contributed by atoms with Crippen molar-refractivity contribution in [3.8, 4) is 0 Å². The van der Waals surface area contributed by atoms with E-state index in [-0.39, 0.29) is 17.3 Å². The van der Waals surface area contributed by atoms with Gasteiger partial charge in [-0.1, -0.05) is 39.7 Å². The van der Waals surface area contributed by atoms with Gasteiger partial charge in [0.1, 0.15) is 0 Å². The molecule has 2 heterocycles. The van der Waals surface area contributed by atoms with Crippen LogP contribution in [0.5, 0.6) is 0 Å². The number of aromatic amines is 1. The molecule has 0 saturated carbocycles. The van der Waals surface area contributed by atoms with Gasteiger partial charge in [-0.05, 0) is 37.3 Å². The molecule has 0 radical (unpaired) electrons. The first-order chi connectivity index (χ1) is 13.8. The lowest BCUT2D eigenvalue weighted by molar-refractivity contribution is 0.102. The second kappa shape index (κ2) is 7.74. The summed E-state index contributed by atoms with van der Waals surface area (Å²) < 4.78 is 28.3. The molecule has 0 aliphatic carbocycles. The van der Waals surface area contributed by atoms with Gasteiger partial charge in [-0.15, -0.1) is 0 Å². The standard InChI is InChI=1S/C20H19BrN4O3S/c1-13-5-7-16(8-6-13)29(27,28)25-10-9-18-17(12-25)19(24-23-18)22-20(26)14-3-2-4-15(21)11-14/h2-8,11H,9-10,12H2,1H3,(H2,22,23,24,26). The summed E-state index contributed by atoms with van der Waals surface area (Å²) in [5, 5.41) is 9.90. The summed E-state index contributed by atoms with van der Waals surface area (Å²) in [6.07, 6.45) is 0.500. The van der Waals surface area contributed by atoms with Crippen molar-refractivity contribution in [3.05, 3.63) is 75.4 Å². The number of fused-ring (bicyclic) bond motifs is 1. The van der Waals surface area contributed by atoms with Gasteiger partial charge >= 0.3 is 0 Å². The number of halogens is 1. The number of aromatic nitrogens is 2. The lowest BCUT2D eigenvalue weighted by Gasteiger charge is -2.26. The summed E-state index contributed by atoms with van der Waals surface area (Å²) in [4.78, 5) is 12.8. The third kappa shape index (κ3) is 3.98. The van der Waals surface area contributed by atoms with Gasteiger partial charge in [0.25, 0.3) is 5.91 Å². The van der Waals surface area contributed by atoms with Crippen LogP contribution in [-0.2, 0) is 23.0 Å². The highest BCUT2D eigenvalue weighted by Gasteiger charge is 2.31. The van der Waals surface area contributed by atoms with E-state index in [0.29, 0.717) is 29.9 Å². The SMILES string of the molecule is Cc1ccc(S(=O)(=O)N2CCc3[nH]nc(NC(=O)c4cccc(Br)c4)c3C2)cc1. The van der Waals surface area contributed by atoms with Gasteiger partial charge in [0.2, 0.25) is 10.0 Å². The molecule has 0 spiro atoms. The number of hydrogen-bond acceptors (Lipinski definition) is 4. The Morgan fingerprint density at radius 2 is 1.97 bits per heavy atom. The zero-order valence-electron chi connectivity index (χ0n) is 15.6. The van der Waals surface area contributed by atoms with Crippen molar-refractivity contribution in [2.75, 3.05) is 11.9 Å². The molecule has 0 bridgehead atoms. The third-order valence-corrected chi connectivity index (χ3v) is 7.23. The van der Waals surface area contributed by atoms with E-state index in [2.05, 4.69) is 31.4 Å². The number of amides is 1. The van der Waals surface area contributed by atoms with Crippen molar-refractivity contribution in [1.82, 2.24) is 14.5 Å². The van der Waals surface area contributed by atoms with Crippen LogP contribution in [0.4, 0.5) is 5.82 Å². The topological polar surface area (TPSA) is 95.2 Å². The molecule has 0 atom stereocenters. The minimum Gasteiger partial charge on any atom is -0.305 e. The normalized spacial score (nSPS) is 14.4. The molecule has 1 aromatic heterocycles. The Labute approximate surface area is 177 Å². The molecule has 9 heteroatoms. The Kier molecular flexibility index (Phi) is 5.28. The number of sulfonamides is 1. The summed E-state index contributed by atoms with van der Waals surface area (Å²) in [6, 6.07) is 13.8. The highest BCUT2D eigenvalue weighted by atomic mass is 79.9. The average molecular weight is 475 g/mol. The summed E-state index contributed by atoms with van der Waals surface area (Å²) in [5.41, 5.74) is 3.01. The number of anilines is 1. The van der Waals surface area contributed by atoms with Crippen molar-refractivity contribution in [2.45, 2.75) is 24.8 Å². The number of carbonyl (C=O) groups is 1. The molecule has 29 heavy (non-hydrogen) atoms. The minimum absolute atomic E-state index is 0.149. The average Bonchev–Trinajstić information content (AvgIpc) is 3.10. The maximum Gasteiger partial charge on any atom is 0.256 e. The van der Waals surface area contributed by atoms with Crippen molar-refractivity contribution in [3.63, 3.8) is 0 Å². The lowest BCUT2D eigenvalue weighted by atomic mass is 10.1. The Morgan fingerprint density at radius 3 is 2.69 bits per heavy atom. The number of nitrogens with one attached hydrogen (secondary N) is 2.